The van der Waals surface area contributed by atoms with Gasteiger partial charge in [0.25, 0.3) is 0 Å². The summed E-state index contributed by atoms with van der Waals surface area (Å²) in [5, 5.41) is 37.7. The molecule has 3 aromatic carbocycles. The van der Waals surface area contributed by atoms with Crippen molar-refractivity contribution in [3.05, 3.63) is 113 Å². The highest BCUT2D eigenvalue weighted by atomic mass is 16.4. The van der Waals surface area contributed by atoms with E-state index in [0.29, 0.717) is 45.8 Å². The molecule has 11 nitrogen and oxygen atoms in total. The highest BCUT2D eigenvalue weighted by Crippen LogP contribution is 2.41. The number of amides is 1. The first kappa shape index (κ1) is 27.6. The SMILES string of the molecule is CC(=O)NCc1ccc(-c2nncnn2)cc1.O=C(O)c1ccccc1-c1c2ccc(=O)cc-2oc2cc(O)ccc12. The molecule has 6 rings (SSSR count). The Labute approximate surface area is 238 Å². The van der Waals surface area contributed by atoms with E-state index in [-0.39, 0.29) is 22.6 Å². The molecular weight excluding hydrogens is 538 g/mol. The zero-order chi connectivity index (χ0) is 29.6. The summed E-state index contributed by atoms with van der Waals surface area (Å²) in [6.07, 6.45) is 1.29. The van der Waals surface area contributed by atoms with Crippen LogP contribution in [0.2, 0.25) is 0 Å². The number of benzene rings is 4. The second-order valence-electron chi connectivity index (χ2n) is 9.14. The van der Waals surface area contributed by atoms with Crippen LogP contribution in [0.1, 0.15) is 22.8 Å². The van der Waals surface area contributed by atoms with E-state index < -0.39 is 5.97 Å². The Balaban J connectivity index is 0.000000181. The fourth-order valence-electron chi connectivity index (χ4n) is 4.35. The molecule has 2 heterocycles. The first-order valence-corrected chi connectivity index (χ1v) is 12.7. The van der Waals surface area contributed by atoms with Crippen molar-refractivity contribution in [3.8, 4) is 39.6 Å². The molecule has 0 unspecified atom stereocenters. The molecule has 1 aliphatic heterocycles. The summed E-state index contributed by atoms with van der Waals surface area (Å²) in [5.41, 5.74) is 3.96. The van der Waals surface area contributed by atoms with Crippen molar-refractivity contribution in [1.82, 2.24) is 25.7 Å². The van der Waals surface area contributed by atoms with Gasteiger partial charge in [0.1, 0.15) is 17.1 Å². The maximum Gasteiger partial charge on any atom is 0.336 e. The number of aromatic nitrogens is 4. The third kappa shape index (κ3) is 6.10. The molecule has 0 spiro atoms. The fraction of sp³-hybridized carbons (Fsp3) is 0.0645. The van der Waals surface area contributed by atoms with Crippen molar-refractivity contribution in [1.29, 1.82) is 0 Å². The topological polar surface area (TPSA) is 168 Å². The first-order valence-electron chi connectivity index (χ1n) is 12.7. The van der Waals surface area contributed by atoms with Crippen LogP contribution in [-0.4, -0.2) is 42.5 Å². The monoisotopic (exact) mass is 561 g/mol. The van der Waals surface area contributed by atoms with Gasteiger partial charge in [-0.1, -0.05) is 42.5 Å². The van der Waals surface area contributed by atoms with Gasteiger partial charge in [-0.05, 0) is 41.5 Å². The van der Waals surface area contributed by atoms with E-state index in [2.05, 4.69) is 25.7 Å². The van der Waals surface area contributed by atoms with E-state index in [1.54, 1.807) is 30.3 Å². The Morgan fingerprint density at radius 1 is 0.881 bits per heavy atom. The first-order chi connectivity index (χ1) is 20.3. The van der Waals surface area contributed by atoms with Crippen LogP contribution in [0.4, 0.5) is 0 Å². The van der Waals surface area contributed by atoms with Crippen LogP contribution in [0.25, 0.3) is 44.8 Å². The van der Waals surface area contributed by atoms with E-state index in [1.807, 2.05) is 24.3 Å². The Morgan fingerprint density at radius 2 is 1.62 bits per heavy atom. The molecule has 11 heteroatoms. The quantitative estimate of drug-likeness (QED) is 0.254. The predicted octanol–water partition coefficient (Wildman–Crippen LogP) is 4.54. The molecule has 4 aromatic rings. The highest BCUT2D eigenvalue weighted by Gasteiger charge is 2.21. The summed E-state index contributed by atoms with van der Waals surface area (Å²) in [6, 6.07) is 23.2. The number of carboxylic acids is 1. The van der Waals surface area contributed by atoms with Crippen LogP contribution >= 0.6 is 0 Å². The summed E-state index contributed by atoms with van der Waals surface area (Å²) in [7, 11) is 0. The lowest BCUT2D eigenvalue weighted by atomic mass is 9.91. The van der Waals surface area contributed by atoms with Gasteiger partial charge in [0.15, 0.2) is 11.8 Å². The number of aromatic hydroxyl groups is 1. The van der Waals surface area contributed by atoms with E-state index >= 15 is 0 Å². The number of aromatic carboxylic acids is 1. The molecule has 1 aromatic heterocycles. The number of carbonyl (C=O) groups excluding carboxylic acids is 1. The van der Waals surface area contributed by atoms with Crippen molar-refractivity contribution >= 4 is 22.8 Å². The largest absolute Gasteiger partial charge is 0.508 e. The van der Waals surface area contributed by atoms with Crippen molar-refractivity contribution in [2.75, 3.05) is 0 Å². The van der Waals surface area contributed by atoms with E-state index in [1.165, 1.54) is 43.6 Å². The maximum atomic E-state index is 11.7. The molecule has 1 aliphatic carbocycles. The summed E-state index contributed by atoms with van der Waals surface area (Å²) >= 11 is 0. The zero-order valence-corrected chi connectivity index (χ0v) is 22.2. The molecule has 208 valence electrons. The number of nitrogens with one attached hydrogen (secondary N) is 1. The van der Waals surface area contributed by atoms with Gasteiger partial charge in [0.2, 0.25) is 11.7 Å². The lowest BCUT2D eigenvalue weighted by Crippen LogP contribution is -2.18. The lowest BCUT2D eigenvalue weighted by Gasteiger charge is -2.16. The van der Waals surface area contributed by atoms with Gasteiger partial charge >= 0.3 is 5.97 Å². The molecule has 3 N–H and O–H groups in total. The Kier molecular flexibility index (Phi) is 7.91. The number of phenolic OH excluding ortho intramolecular Hbond substituents is 1. The van der Waals surface area contributed by atoms with Gasteiger partial charge in [-0.3, -0.25) is 9.59 Å². The standard InChI is InChI=1S/C20H12O5.C11H11N5O/c21-11-5-7-15-17(9-11)25-18-10-12(22)6-8-16(18)19(15)13-3-1-2-4-14(13)20(23)24;1-8(17)12-6-9-2-4-10(5-3-9)11-15-13-7-14-16-11/h1-10,21H,(H,23,24);2-5,7H,6H2,1H3,(H,12,17). The molecule has 0 saturated carbocycles. The number of carbonyl (C=O) groups is 2. The number of carboxylic acid groups (broad SMARTS) is 1. The van der Waals surface area contributed by atoms with Crippen LogP contribution in [-0.2, 0) is 11.3 Å². The summed E-state index contributed by atoms with van der Waals surface area (Å²) in [6.45, 7) is 2.01. The van der Waals surface area contributed by atoms with Crippen LogP contribution < -0.4 is 10.7 Å². The molecule has 0 fully saturated rings. The molecule has 0 saturated heterocycles. The van der Waals surface area contributed by atoms with Crippen molar-refractivity contribution in [2.45, 2.75) is 13.5 Å². The van der Waals surface area contributed by atoms with E-state index in [9.17, 15) is 24.6 Å². The molecule has 0 bridgehead atoms. The van der Waals surface area contributed by atoms with Crippen molar-refractivity contribution < 1.29 is 24.2 Å². The van der Waals surface area contributed by atoms with Gasteiger partial charge in [-0.25, -0.2) is 4.79 Å². The highest BCUT2D eigenvalue weighted by molar-refractivity contribution is 6.07. The van der Waals surface area contributed by atoms with E-state index in [4.69, 9.17) is 4.42 Å². The molecule has 0 atom stereocenters. The minimum Gasteiger partial charge on any atom is -0.508 e. The summed E-state index contributed by atoms with van der Waals surface area (Å²) in [4.78, 5) is 34.1. The average molecular weight is 562 g/mol. The summed E-state index contributed by atoms with van der Waals surface area (Å²) < 4.78 is 5.76. The van der Waals surface area contributed by atoms with E-state index in [0.717, 1.165) is 11.1 Å². The Bertz CT molecular complexity index is 1920. The second-order valence-corrected chi connectivity index (χ2v) is 9.14. The van der Waals surface area contributed by atoms with Gasteiger partial charge in [-0.2, -0.15) is 0 Å². The maximum absolute atomic E-state index is 11.7. The Hall–Kier alpha value is -5.97. The number of hydrogen-bond acceptors (Lipinski definition) is 9. The summed E-state index contributed by atoms with van der Waals surface area (Å²) in [5.74, 6) is -0.253. The normalized spacial score (nSPS) is 10.6. The van der Waals surface area contributed by atoms with Gasteiger partial charge < -0.3 is 19.9 Å². The number of phenols is 1. The van der Waals surface area contributed by atoms with Crippen LogP contribution in [0.5, 0.6) is 5.75 Å². The third-order valence-corrected chi connectivity index (χ3v) is 6.27. The van der Waals surface area contributed by atoms with Crippen molar-refractivity contribution in [2.24, 2.45) is 0 Å². The smallest absolute Gasteiger partial charge is 0.336 e. The number of hydrogen-bond donors (Lipinski definition) is 3. The minimum absolute atomic E-state index is 0.0198. The Morgan fingerprint density at radius 3 is 2.33 bits per heavy atom. The molecule has 2 aliphatic rings. The van der Waals surface area contributed by atoms with Crippen molar-refractivity contribution in [3.63, 3.8) is 0 Å². The van der Waals surface area contributed by atoms with Crippen LogP contribution in [0.3, 0.4) is 0 Å². The minimum atomic E-state index is -1.04. The van der Waals surface area contributed by atoms with Gasteiger partial charge in [-0.15, -0.1) is 20.4 Å². The molecule has 1 amide bonds. The number of fused-ring (bicyclic) bond motifs is 2. The van der Waals surface area contributed by atoms with Gasteiger partial charge in [0.05, 0.1) is 5.56 Å². The second kappa shape index (κ2) is 12.0. The van der Waals surface area contributed by atoms with Crippen LogP contribution in [0, 0.1) is 0 Å². The molecule has 0 radical (unpaired) electrons. The number of rotatable bonds is 5. The molecular formula is C31H23N5O6. The fourth-order valence-corrected chi connectivity index (χ4v) is 4.35. The zero-order valence-electron chi connectivity index (χ0n) is 22.2. The third-order valence-electron chi connectivity index (χ3n) is 6.27. The van der Waals surface area contributed by atoms with Crippen LogP contribution in [0.15, 0.2) is 100 Å². The lowest BCUT2D eigenvalue weighted by molar-refractivity contribution is -0.119. The average Bonchev–Trinajstić information content (AvgIpc) is 2.99. The molecule has 42 heavy (non-hydrogen) atoms. The predicted molar refractivity (Wildman–Crippen MR) is 154 cm³/mol. The number of nitrogens with zero attached hydrogens (tertiary/aromatic N) is 4. The van der Waals surface area contributed by atoms with Gasteiger partial charge in [0, 0.05) is 47.7 Å².